The molecule has 3 aliphatic rings. The largest absolute Gasteiger partial charge is 0.359 e. The SMILES string of the molecule is C=C(Nc1ccc(C)c(-c2ccc(CN)cc2)c1)C1(C2=CC3OCOC3C=C2)CC1. The summed E-state index contributed by atoms with van der Waals surface area (Å²) in [6, 6.07) is 15.0. The molecule has 4 heteroatoms. The molecule has 154 valence electrons. The monoisotopic (exact) mass is 400 g/mol. The molecule has 3 N–H and O–H groups in total. The third-order valence-electron chi connectivity index (χ3n) is 6.57. The molecule has 0 spiro atoms. The van der Waals surface area contributed by atoms with Gasteiger partial charge in [-0.1, -0.05) is 49.1 Å². The Bertz CT molecular complexity index is 1030. The highest BCUT2D eigenvalue weighted by atomic mass is 16.7. The number of hydrogen-bond acceptors (Lipinski definition) is 4. The molecule has 4 nitrogen and oxygen atoms in total. The van der Waals surface area contributed by atoms with E-state index in [1.54, 1.807) is 0 Å². The van der Waals surface area contributed by atoms with Crippen LogP contribution in [0, 0.1) is 12.3 Å². The van der Waals surface area contributed by atoms with Crippen molar-refractivity contribution in [2.75, 3.05) is 12.1 Å². The molecule has 1 heterocycles. The Hall–Kier alpha value is -2.66. The van der Waals surface area contributed by atoms with Gasteiger partial charge < -0.3 is 20.5 Å². The van der Waals surface area contributed by atoms with E-state index in [0.717, 1.165) is 29.8 Å². The lowest BCUT2D eigenvalue weighted by Gasteiger charge is -2.26. The Morgan fingerprint density at radius 2 is 1.90 bits per heavy atom. The zero-order valence-corrected chi connectivity index (χ0v) is 17.4. The summed E-state index contributed by atoms with van der Waals surface area (Å²) in [6.45, 7) is 7.49. The molecule has 1 saturated carbocycles. The highest BCUT2D eigenvalue weighted by Gasteiger charge is 2.49. The van der Waals surface area contributed by atoms with Crippen molar-refractivity contribution in [2.45, 2.75) is 38.5 Å². The minimum absolute atomic E-state index is 0.0127. The van der Waals surface area contributed by atoms with Crippen LogP contribution in [0.15, 0.2) is 78.5 Å². The number of anilines is 1. The van der Waals surface area contributed by atoms with Gasteiger partial charge in [0, 0.05) is 23.3 Å². The van der Waals surface area contributed by atoms with Crippen molar-refractivity contribution in [1.29, 1.82) is 0 Å². The van der Waals surface area contributed by atoms with Gasteiger partial charge >= 0.3 is 0 Å². The third-order valence-corrected chi connectivity index (χ3v) is 6.57. The fourth-order valence-electron chi connectivity index (χ4n) is 4.46. The number of nitrogens with one attached hydrogen (secondary N) is 1. The molecule has 2 unspecified atom stereocenters. The summed E-state index contributed by atoms with van der Waals surface area (Å²) in [4.78, 5) is 0. The van der Waals surface area contributed by atoms with Crippen LogP contribution in [0.5, 0.6) is 0 Å². The Morgan fingerprint density at radius 1 is 1.13 bits per heavy atom. The fourth-order valence-corrected chi connectivity index (χ4v) is 4.46. The number of allylic oxidation sites excluding steroid dienone is 2. The molecule has 2 aliphatic carbocycles. The standard InChI is InChI=1S/C26H28N2O2/c1-17-3-9-22(14-23(17)20-6-4-19(15-27)5-7-20)28-18(2)26(11-12-26)21-8-10-24-25(13-21)30-16-29-24/h3-10,13-14,24-25,28H,2,11-12,15-16,27H2,1H3. The van der Waals surface area contributed by atoms with Gasteiger partial charge in [0.15, 0.2) is 0 Å². The predicted molar refractivity (Wildman–Crippen MR) is 121 cm³/mol. The smallest absolute Gasteiger partial charge is 0.148 e. The van der Waals surface area contributed by atoms with Crippen LogP contribution in [0.1, 0.15) is 24.0 Å². The van der Waals surface area contributed by atoms with Crippen molar-refractivity contribution in [3.8, 4) is 11.1 Å². The van der Waals surface area contributed by atoms with E-state index in [1.165, 1.54) is 22.3 Å². The van der Waals surface area contributed by atoms with Gasteiger partial charge in [-0.05, 0) is 65.8 Å². The molecule has 2 aromatic carbocycles. The number of rotatable bonds is 6. The maximum Gasteiger partial charge on any atom is 0.148 e. The van der Waals surface area contributed by atoms with Gasteiger partial charge in [-0.3, -0.25) is 0 Å². The minimum atomic E-state index is -0.0127. The first-order chi connectivity index (χ1) is 14.6. The van der Waals surface area contributed by atoms with Crippen LogP contribution in [0.4, 0.5) is 5.69 Å². The lowest BCUT2D eigenvalue weighted by atomic mass is 9.87. The summed E-state index contributed by atoms with van der Waals surface area (Å²) < 4.78 is 11.3. The van der Waals surface area contributed by atoms with Gasteiger partial charge in [-0.2, -0.15) is 0 Å². The number of benzene rings is 2. The van der Waals surface area contributed by atoms with Crippen LogP contribution < -0.4 is 11.1 Å². The Kier molecular flexibility index (Phi) is 4.86. The Morgan fingerprint density at radius 3 is 2.63 bits per heavy atom. The van der Waals surface area contributed by atoms with E-state index < -0.39 is 0 Å². The number of aryl methyl sites for hydroxylation is 1. The van der Waals surface area contributed by atoms with Crippen molar-refractivity contribution in [3.05, 3.63) is 89.7 Å². The zero-order valence-electron chi connectivity index (χ0n) is 17.4. The molecule has 0 aromatic heterocycles. The molecule has 0 bridgehead atoms. The van der Waals surface area contributed by atoms with Gasteiger partial charge in [0.1, 0.15) is 19.0 Å². The molecule has 2 atom stereocenters. The van der Waals surface area contributed by atoms with Crippen LogP contribution >= 0.6 is 0 Å². The van der Waals surface area contributed by atoms with E-state index in [9.17, 15) is 0 Å². The molecule has 5 rings (SSSR count). The maximum absolute atomic E-state index is 5.74. The predicted octanol–water partition coefficient (Wildman–Crippen LogP) is 5.06. The lowest BCUT2D eigenvalue weighted by Crippen LogP contribution is -2.24. The highest BCUT2D eigenvalue weighted by Crippen LogP contribution is 2.58. The number of ether oxygens (including phenoxy) is 2. The van der Waals surface area contributed by atoms with E-state index >= 15 is 0 Å². The Balaban J connectivity index is 1.37. The second-order valence-electron chi connectivity index (χ2n) is 8.48. The van der Waals surface area contributed by atoms with E-state index in [4.69, 9.17) is 15.2 Å². The molecular formula is C26H28N2O2. The molecule has 1 aliphatic heterocycles. The van der Waals surface area contributed by atoms with Gasteiger partial charge in [0.2, 0.25) is 0 Å². The summed E-state index contributed by atoms with van der Waals surface area (Å²) >= 11 is 0. The van der Waals surface area contributed by atoms with Gasteiger partial charge in [-0.15, -0.1) is 0 Å². The van der Waals surface area contributed by atoms with Crippen molar-refractivity contribution in [2.24, 2.45) is 11.1 Å². The first kappa shape index (κ1) is 19.3. The summed E-state index contributed by atoms with van der Waals surface area (Å²) in [5.74, 6) is 0. The van der Waals surface area contributed by atoms with Crippen LogP contribution in [0.3, 0.4) is 0 Å². The molecule has 0 amide bonds. The Labute approximate surface area is 178 Å². The number of fused-ring (bicyclic) bond motifs is 1. The topological polar surface area (TPSA) is 56.5 Å². The van der Waals surface area contributed by atoms with Crippen molar-refractivity contribution in [1.82, 2.24) is 0 Å². The van der Waals surface area contributed by atoms with Crippen LogP contribution in [0.25, 0.3) is 11.1 Å². The van der Waals surface area contributed by atoms with Crippen molar-refractivity contribution >= 4 is 5.69 Å². The molecule has 30 heavy (non-hydrogen) atoms. The summed E-state index contributed by atoms with van der Waals surface area (Å²) in [5, 5.41) is 3.60. The molecule has 2 aromatic rings. The minimum Gasteiger partial charge on any atom is -0.359 e. The van der Waals surface area contributed by atoms with Gasteiger partial charge in [0.25, 0.3) is 0 Å². The molecule has 2 fully saturated rings. The average molecular weight is 401 g/mol. The lowest BCUT2D eigenvalue weighted by molar-refractivity contribution is 0.0503. The van der Waals surface area contributed by atoms with Crippen LogP contribution in [-0.2, 0) is 16.0 Å². The molecule has 1 saturated heterocycles. The van der Waals surface area contributed by atoms with E-state index in [1.807, 2.05) is 0 Å². The van der Waals surface area contributed by atoms with E-state index in [2.05, 4.69) is 79.5 Å². The summed E-state index contributed by atoms with van der Waals surface area (Å²) in [7, 11) is 0. The van der Waals surface area contributed by atoms with Gasteiger partial charge in [-0.25, -0.2) is 0 Å². The maximum atomic E-state index is 5.74. The fraction of sp³-hybridized carbons (Fsp3) is 0.308. The second kappa shape index (κ2) is 7.55. The number of hydrogen-bond donors (Lipinski definition) is 2. The highest BCUT2D eigenvalue weighted by molar-refractivity contribution is 5.72. The van der Waals surface area contributed by atoms with Gasteiger partial charge in [0.05, 0.1) is 0 Å². The molecular weight excluding hydrogens is 372 g/mol. The average Bonchev–Trinajstić information content (AvgIpc) is 3.46. The normalized spacial score (nSPS) is 23.6. The van der Waals surface area contributed by atoms with Crippen LogP contribution in [0.2, 0.25) is 0 Å². The third kappa shape index (κ3) is 3.41. The first-order valence-electron chi connectivity index (χ1n) is 10.6. The van der Waals surface area contributed by atoms with E-state index in [-0.39, 0.29) is 17.6 Å². The second-order valence-corrected chi connectivity index (χ2v) is 8.48. The zero-order chi connectivity index (χ0) is 20.7. The van der Waals surface area contributed by atoms with Crippen molar-refractivity contribution < 1.29 is 9.47 Å². The van der Waals surface area contributed by atoms with E-state index in [0.29, 0.717) is 13.3 Å². The quantitative estimate of drug-likeness (QED) is 0.711. The molecule has 0 radical (unpaired) electrons. The number of nitrogens with two attached hydrogens (primary N) is 1. The van der Waals surface area contributed by atoms with Crippen molar-refractivity contribution in [3.63, 3.8) is 0 Å². The summed E-state index contributed by atoms with van der Waals surface area (Å²) in [6.07, 6.45) is 8.81. The summed E-state index contributed by atoms with van der Waals surface area (Å²) in [5.41, 5.74) is 13.9. The van der Waals surface area contributed by atoms with Crippen LogP contribution in [-0.4, -0.2) is 19.0 Å². The first-order valence-corrected chi connectivity index (χ1v) is 10.6.